The van der Waals surface area contributed by atoms with Crippen molar-refractivity contribution in [2.24, 2.45) is 5.73 Å². The number of nitrogens with zero attached hydrogens (tertiary/aromatic N) is 3. The summed E-state index contributed by atoms with van der Waals surface area (Å²) in [5, 5.41) is 7.36. The van der Waals surface area contributed by atoms with E-state index in [9.17, 15) is 0 Å². The fraction of sp³-hybridized carbons (Fsp3) is 0.750. The van der Waals surface area contributed by atoms with Gasteiger partial charge in [-0.2, -0.15) is 5.10 Å². The van der Waals surface area contributed by atoms with Gasteiger partial charge in [0.1, 0.15) is 12.7 Å². The maximum absolute atomic E-state index is 5.48. The first-order valence-electron chi connectivity index (χ1n) is 4.51. The summed E-state index contributed by atoms with van der Waals surface area (Å²) in [5.41, 5.74) is 5.48. The van der Waals surface area contributed by atoms with E-state index in [0.29, 0.717) is 18.6 Å². The summed E-state index contributed by atoms with van der Waals surface area (Å²) < 4.78 is 1.83. The van der Waals surface area contributed by atoms with Crippen LogP contribution in [0.25, 0.3) is 0 Å². The maximum Gasteiger partial charge on any atom is 0.137 e. The molecule has 0 amide bonds. The van der Waals surface area contributed by atoms with Gasteiger partial charge in [-0.05, 0) is 13.8 Å². The third kappa shape index (κ3) is 3.12. The van der Waals surface area contributed by atoms with Gasteiger partial charge in [-0.1, -0.05) is 0 Å². The van der Waals surface area contributed by atoms with Gasteiger partial charge < -0.3 is 11.1 Å². The molecule has 0 spiro atoms. The third-order valence-electron chi connectivity index (χ3n) is 2.00. The Morgan fingerprint density at radius 1 is 1.54 bits per heavy atom. The largest absolute Gasteiger partial charge is 0.329 e. The second-order valence-corrected chi connectivity index (χ2v) is 3.27. The van der Waals surface area contributed by atoms with Gasteiger partial charge >= 0.3 is 0 Å². The normalized spacial score (nSPS) is 15.6. The van der Waals surface area contributed by atoms with Crippen molar-refractivity contribution in [3.8, 4) is 0 Å². The molecule has 1 heterocycles. The lowest BCUT2D eigenvalue weighted by Gasteiger charge is -2.16. The van der Waals surface area contributed by atoms with Crippen molar-refractivity contribution in [1.82, 2.24) is 20.1 Å². The Labute approximate surface area is 78.3 Å². The second kappa shape index (κ2) is 4.94. The first kappa shape index (κ1) is 10.1. The van der Waals surface area contributed by atoms with Crippen molar-refractivity contribution in [3.63, 3.8) is 0 Å². The highest BCUT2D eigenvalue weighted by Gasteiger charge is 2.05. The lowest BCUT2D eigenvalue weighted by atomic mass is 10.3. The van der Waals surface area contributed by atoms with Crippen LogP contribution in [0.15, 0.2) is 12.7 Å². The fourth-order valence-corrected chi connectivity index (χ4v) is 0.994. The zero-order valence-corrected chi connectivity index (χ0v) is 8.14. The van der Waals surface area contributed by atoms with Crippen LogP contribution in [0.2, 0.25) is 0 Å². The fourth-order valence-electron chi connectivity index (χ4n) is 0.994. The summed E-state index contributed by atoms with van der Waals surface area (Å²) in [7, 11) is 0. The minimum absolute atomic E-state index is 0.316. The quantitative estimate of drug-likeness (QED) is 0.662. The highest BCUT2D eigenvalue weighted by Crippen LogP contribution is 1.99. The molecule has 5 nitrogen and oxygen atoms in total. The van der Waals surface area contributed by atoms with Gasteiger partial charge in [-0.15, -0.1) is 0 Å². The first-order valence-corrected chi connectivity index (χ1v) is 4.51. The van der Waals surface area contributed by atoms with Gasteiger partial charge in [-0.3, -0.25) is 0 Å². The van der Waals surface area contributed by atoms with Crippen LogP contribution in [-0.4, -0.2) is 33.9 Å². The number of hydrogen-bond donors (Lipinski definition) is 2. The number of nitrogens with two attached hydrogens (primary N) is 1. The third-order valence-corrected chi connectivity index (χ3v) is 2.00. The Morgan fingerprint density at radius 3 is 2.85 bits per heavy atom. The van der Waals surface area contributed by atoms with Crippen LogP contribution < -0.4 is 11.1 Å². The van der Waals surface area contributed by atoms with E-state index in [-0.39, 0.29) is 0 Å². The summed E-state index contributed by atoms with van der Waals surface area (Å²) in [6.45, 7) is 5.67. The Kier molecular flexibility index (Phi) is 3.85. The number of hydrogen-bond acceptors (Lipinski definition) is 4. The topological polar surface area (TPSA) is 68.8 Å². The molecule has 0 fully saturated rings. The first-order chi connectivity index (χ1) is 6.24. The van der Waals surface area contributed by atoms with Crippen LogP contribution in [0.1, 0.15) is 19.9 Å². The molecule has 5 heteroatoms. The van der Waals surface area contributed by atoms with Crippen LogP contribution in [-0.2, 0) is 0 Å². The molecule has 0 aliphatic carbocycles. The average Bonchev–Trinajstić information content (AvgIpc) is 2.66. The van der Waals surface area contributed by atoms with Gasteiger partial charge in [0.15, 0.2) is 0 Å². The summed E-state index contributed by atoms with van der Waals surface area (Å²) in [6.07, 6.45) is 3.27. The minimum atomic E-state index is 0.316. The molecule has 3 N–H and O–H groups in total. The molecular weight excluding hydrogens is 166 g/mol. The maximum atomic E-state index is 5.48. The number of aromatic nitrogens is 3. The smallest absolute Gasteiger partial charge is 0.137 e. The predicted molar refractivity (Wildman–Crippen MR) is 51.3 cm³/mol. The van der Waals surface area contributed by atoms with Gasteiger partial charge in [0, 0.05) is 19.1 Å². The lowest BCUT2D eigenvalue weighted by molar-refractivity contribution is 0.425. The van der Waals surface area contributed by atoms with Crippen LogP contribution in [0.3, 0.4) is 0 Å². The summed E-state index contributed by atoms with van der Waals surface area (Å²) in [6, 6.07) is 0.669. The summed E-state index contributed by atoms with van der Waals surface area (Å²) >= 11 is 0. The predicted octanol–water partition coefficient (Wildman–Crippen LogP) is -0.224. The van der Waals surface area contributed by atoms with E-state index in [1.165, 1.54) is 0 Å². The molecular formula is C8H17N5. The monoisotopic (exact) mass is 183 g/mol. The molecule has 1 aromatic rings. The zero-order valence-electron chi connectivity index (χ0n) is 8.14. The molecule has 13 heavy (non-hydrogen) atoms. The van der Waals surface area contributed by atoms with Crippen LogP contribution in [0.5, 0.6) is 0 Å². The van der Waals surface area contributed by atoms with Crippen molar-refractivity contribution < 1.29 is 0 Å². The standard InChI is InChI=1S/C8H17N5/c1-7(3-9)11-4-8(2)13-6-10-5-12-13/h5-8,11H,3-4,9H2,1-2H3. The molecule has 0 aliphatic rings. The molecule has 0 aliphatic heterocycles. The van der Waals surface area contributed by atoms with Gasteiger partial charge in [0.2, 0.25) is 0 Å². The average molecular weight is 183 g/mol. The van der Waals surface area contributed by atoms with Crippen molar-refractivity contribution in [2.75, 3.05) is 13.1 Å². The van der Waals surface area contributed by atoms with Crippen molar-refractivity contribution >= 4 is 0 Å². The van der Waals surface area contributed by atoms with Crippen molar-refractivity contribution in [1.29, 1.82) is 0 Å². The molecule has 0 aromatic carbocycles. The Hall–Kier alpha value is -0.940. The Morgan fingerprint density at radius 2 is 2.31 bits per heavy atom. The van der Waals surface area contributed by atoms with Crippen LogP contribution in [0, 0.1) is 0 Å². The van der Waals surface area contributed by atoms with E-state index in [0.717, 1.165) is 6.54 Å². The Bertz CT molecular complexity index is 220. The molecule has 2 atom stereocenters. The highest BCUT2D eigenvalue weighted by molar-refractivity contribution is 4.69. The molecule has 1 rings (SSSR count). The molecule has 74 valence electrons. The van der Waals surface area contributed by atoms with Gasteiger partial charge in [-0.25, -0.2) is 9.67 Å². The lowest BCUT2D eigenvalue weighted by Crippen LogP contribution is -2.36. The van der Waals surface area contributed by atoms with E-state index in [1.807, 2.05) is 4.68 Å². The SMILES string of the molecule is CC(CN)NCC(C)n1cncn1. The highest BCUT2D eigenvalue weighted by atomic mass is 15.3. The van der Waals surface area contributed by atoms with Gasteiger partial charge in [0.25, 0.3) is 0 Å². The van der Waals surface area contributed by atoms with Gasteiger partial charge in [0.05, 0.1) is 6.04 Å². The van der Waals surface area contributed by atoms with Crippen LogP contribution >= 0.6 is 0 Å². The summed E-state index contributed by atoms with van der Waals surface area (Å²) in [5.74, 6) is 0. The Balaban J connectivity index is 2.30. The van der Waals surface area contributed by atoms with E-state index in [1.54, 1.807) is 12.7 Å². The molecule has 0 saturated carbocycles. The van der Waals surface area contributed by atoms with E-state index in [2.05, 4.69) is 29.2 Å². The molecule has 2 unspecified atom stereocenters. The molecule has 0 bridgehead atoms. The van der Waals surface area contributed by atoms with E-state index < -0.39 is 0 Å². The zero-order chi connectivity index (χ0) is 9.68. The van der Waals surface area contributed by atoms with Crippen molar-refractivity contribution in [3.05, 3.63) is 12.7 Å². The second-order valence-electron chi connectivity index (χ2n) is 3.27. The van der Waals surface area contributed by atoms with E-state index >= 15 is 0 Å². The number of nitrogens with one attached hydrogen (secondary N) is 1. The number of rotatable bonds is 5. The van der Waals surface area contributed by atoms with E-state index in [4.69, 9.17) is 5.73 Å². The molecule has 0 radical (unpaired) electrons. The minimum Gasteiger partial charge on any atom is -0.329 e. The van der Waals surface area contributed by atoms with Crippen molar-refractivity contribution in [2.45, 2.75) is 25.9 Å². The molecule has 0 saturated heterocycles. The summed E-state index contributed by atoms with van der Waals surface area (Å²) in [4.78, 5) is 3.89. The molecule has 1 aromatic heterocycles. The van der Waals surface area contributed by atoms with Crippen LogP contribution in [0.4, 0.5) is 0 Å².